The van der Waals surface area contributed by atoms with Crippen LogP contribution in [0.2, 0.25) is 0 Å². The summed E-state index contributed by atoms with van der Waals surface area (Å²) in [6.07, 6.45) is 1.24. The van der Waals surface area contributed by atoms with E-state index in [4.69, 9.17) is 9.63 Å². The number of aliphatic hydroxyl groups is 1. The largest absolute Gasteiger partial charge is 0.396 e. The molecule has 2 aromatic heterocycles. The lowest BCUT2D eigenvalue weighted by molar-refractivity contribution is 0.273. The molecule has 1 atom stereocenters. The smallest absolute Gasteiger partial charge is 0.245 e. The van der Waals surface area contributed by atoms with E-state index in [0.717, 1.165) is 5.56 Å². The molecular formula is C14H20N2O4S2. The zero-order valence-electron chi connectivity index (χ0n) is 12.6. The van der Waals surface area contributed by atoms with Crippen LogP contribution in [-0.2, 0) is 10.0 Å². The van der Waals surface area contributed by atoms with E-state index in [0.29, 0.717) is 25.1 Å². The lowest BCUT2D eigenvalue weighted by Crippen LogP contribution is -2.26. The maximum atomic E-state index is 12.3. The second-order valence-corrected chi connectivity index (χ2v) is 7.59. The molecule has 0 aliphatic carbocycles. The summed E-state index contributed by atoms with van der Waals surface area (Å²) in [4.78, 5) is 0.113. The number of hydrogen-bond donors (Lipinski definition) is 2. The van der Waals surface area contributed by atoms with E-state index in [1.54, 1.807) is 25.2 Å². The summed E-state index contributed by atoms with van der Waals surface area (Å²) >= 11 is 1.59. The van der Waals surface area contributed by atoms with E-state index < -0.39 is 10.0 Å². The Morgan fingerprint density at radius 2 is 2.18 bits per heavy atom. The Balaban J connectivity index is 2.00. The van der Waals surface area contributed by atoms with Crippen LogP contribution in [0, 0.1) is 13.8 Å². The summed E-state index contributed by atoms with van der Waals surface area (Å²) in [6.45, 7) is 3.56. The summed E-state index contributed by atoms with van der Waals surface area (Å²) in [5.41, 5.74) is 1.49. The van der Waals surface area contributed by atoms with Gasteiger partial charge < -0.3 is 9.63 Å². The van der Waals surface area contributed by atoms with Gasteiger partial charge in [0.2, 0.25) is 10.0 Å². The van der Waals surface area contributed by atoms with Crippen molar-refractivity contribution in [2.24, 2.45) is 0 Å². The Morgan fingerprint density at radius 3 is 2.73 bits per heavy atom. The van der Waals surface area contributed by atoms with Gasteiger partial charge in [-0.1, -0.05) is 5.16 Å². The fourth-order valence-corrected chi connectivity index (χ4v) is 4.55. The lowest BCUT2D eigenvalue weighted by Gasteiger charge is -2.15. The second-order valence-electron chi connectivity index (χ2n) is 5.11. The Labute approximate surface area is 134 Å². The molecular weight excluding hydrogens is 324 g/mol. The van der Waals surface area contributed by atoms with E-state index in [-0.39, 0.29) is 23.2 Å². The van der Waals surface area contributed by atoms with Gasteiger partial charge in [0.15, 0.2) is 5.76 Å². The Hall–Kier alpha value is -1.22. The molecule has 8 heteroatoms. The van der Waals surface area contributed by atoms with Crippen molar-refractivity contribution in [2.45, 2.75) is 37.5 Å². The van der Waals surface area contributed by atoms with Gasteiger partial charge in [-0.3, -0.25) is 0 Å². The van der Waals surface area contributed by atoms with Gasteiger partial charge in [-0.25, -0.2) is 13.1 Å². The number of nitrogens with one attached hydrogen (secondary N) is 1. The first kappa shape index (κ1) is 17.1. The van der Waals surface area contributed by atoms with Crippen LogP contribution in [0.4, 0.5) is 0 Å². The van der Waals surface area contributed by atoms with Crippen molar-refractivity contribution in [2.75, 3.05) is 13.2 Å². The second kappa shape index (κ2) is 7.36. The minimum Gasteiger partial charge on any atom is -0.396 e. The molecule has 2 N–H and O–H groups in total. The van der Waals surface area contributed by atoms with Crippen LogP contribution in [0.3, 0.4) is 0 Å². The van der Waals surface area contributed by atoms with Gasteiger partial charge in [0.1, 0.15) is 10.6 Å². The monoisotopic (exact) mass is 344 g/mol. The first-order chi connectivity index (χ1) is 10.5. The van der Waals surface area contributed by atoms with Crippen molar-refractivity contribution in [3.8, 4) is 0 Å². The predicted octanol–water partition coefficient (Wildman–Crippen LogP) is 2.19. The van der Waals surface area contributed by atoms with Crippen molar-refractivity contribution in [3.05, 3.63) is 33.8 Å². The first-order valence-corrected chi connectivity index (χ1v) is 9.43. The number of aromatic nitrogens is 1. The van der Waals surface area contributed by atoms with Crippen molar-refractivity contribution in [1.29, 1.82) is 0 Å². The quantitative estimate of drug-likeness (QED) is 0.766. The molecule has 0 unspecified atom stereocenters. The summed E-state index contributed by atoms with van der Waals surface area (Å²) < 4.78 is 32.1. The number of aryl methyl sites for hydroxylation is 2. The minimum atomic E-state index is -3.62. The standard InChI is InChI=1S/C14H20N2O4S2/c1-10-14(11(2)20-16-10)22(18,19)15-6-3-12(4-7-17)13-5-8-21-9-13/h5,8-9,12,15,17H,3-4,6-7H2,1-2H3/t12-/m0/s1. The SMILES string of the molecule is Cc1noc(C)c1S(=O)(=O)NCC[C@@H](CCO)c1ccsc1. The third kappa shape index (κ3) is 3.95. The molecule has 2 rings (SSSR count). The highest BCUT2D eigenvalue weighted by Crippen LogP contribution is 2.25. The normalized spacial score (nSPS) is 13.4. The molecule has 0 aliphatic heterocycles. The average molecular weight is 344 g/mol. The number of rotatable bonds is 8. The van der Waals surface area contributed by atoms with E-state index in [1.807, 2.05) is 16.8 Å². The van der Waals surface area contributed by atoms with Crippen molar-refractivity contribution < 1.29 is 18.0 Å². The van der Waals surface area contributed by atoms with Crippen LogP contribution in [0.5, 0.6) is 0 Å². The molecule has 0 fully saturated rings. The molecule has 2 heterocycles. The molecule has 0 bridgehead atoms. The van der Waals surface area contributed by atoms with Crippen LogP contribution < -0.4 is 4.72 Å². The topological polar surface area (TPSA) is 92.4 Å². The number of aliphatic hydroxyl groups excluding tert-OH is 1. The molecule has 0 aromatic carbocycles. The summed E-state index contributed by atoms with van der Waals surface area (Å²) in [7, 11) is -3.62. The highest BCUT2D eigenvalue weighted by molar-refractivity contribution is 7.89. The average Bonchev–Trinajstić information content (AvgIpc) is 3.08. The number of sulfonamides is 1. The van der Waals surface area contributed by atoms with Gasteiger partial charge in [0.25, 0.3) is 0 Å². The maximum absolute atomic E-state index is 12.3. The fourth-order valence-electron chi connectivity index (χ4n) is 2.44. The zero-order valence-corrected chi connectivity index (χ0v) is 14.2. The minimum absolute atomic E-state index is 0.0805. The third-order valence-electron chi connectivity index (χ3n) is 3.51. The molecule has 2 aromatic rings. The van der Waals surface area contributed by atoms with Crippen LogP contribution >= 0.6 is 11.3 Å². The number of nitrogens with zero attached hydrogens (tertiary/aromatic N) is 1. The molecule has 0 saturated carbocycles. The fraction of sp³-hybridized carbons (Fsp3) is 0.500. The highest BCUT2D eigenvalue weighted by atomic mass is 32.2. The molecule has 0 saturated heterocycles. The first-order valence-electron chi connectivity index (χ1n) is 7.01. The van der Waals surface area contributed by atoms with Crippen LogP contribution in [0.25, 0.3) is 0 Å². The summed E-state index contributed by atoms with van der Waals surface area (Å²) in [6, 6.07) is 2.01. The van der Waals surface area contributed by atoms with E-state index in [9.17, 15) is 8.42 Å². The van der Waals surface area contributed by atoms with E-state index in [1.165, 1.54) is 0 Å². The molecule has 122 valence electrons. The molecule has 22 heavy (non-hydrogen) atoms. The van der Waals surface area contributed by atoms with Gasteiger partial charge in [-0.15, -0.1) is 0 Å². The Bertz CT molecular complexity index is 673. The van der Waals surface area contributed by atoms with E-state index in [2.05, 4.69) is 9.88 Å². The van der Waals surface area contributed by atoms with Gasteiger partial charge >= 0.3 is 0 Å². The Kier molecular flexibility index (Phi) is 5.74. The predicted molar refractivity (Wildman–Crippen MR) is 84.5 cm³/mol. The summed E-state index contributed by atoms with van der Waals surface area (Å²) in [5, 5.41) is 16.8. The van der Waals surface area contributed by atoms with Gasteiger partial charge in [-0.2, -0.15) is 11.3 Å². The van der Waals surface area contributed by atoms with Crippen LogP contribution in [0.1, 0.15) is 35.8 Å². The number of thiophene rings is 1. The van der Waals surface area contributed by atoms with Crippen LogP contribution in [0.15, 0.2) is 26.2 Å². The van der Waals surface area contributed by atoms with E-state index >= 15 is 0 Å². The van der Waals surface area contributed by atoms with Crippen molar-refractivity contribution in [3.63, 3.8) is 0 Å². The van der Waals surface area contributed by atoms with Crippen molar-refractivity contribution >= 4 is 21.4 Å². The molecule has 0 spiro atoms. The molecule has 0 aliphatic rings. The van der Waals surface area contributed by atoms with Crippen LogP contribution in [-0.4, -0.2) is 31.8 Å². The zero-order chi connectivity index (χ0) is 16.2. The van der Waals surface area contributed by atoms with Gasteiger partial charge in [0.05, 0.1) is 0 Å². The molecule has 6 nitrogen and oxygen atoms in total. The Morgan fingerprint density at radius 1 is 1.41 bits per heavy atom. The lowest BCUT2D eigenvalue weighted by atomic mass is 9.95. The van der Waals surface area contributed by atoms with Gasteiger partial charge in [0, 0.05) is 13.2 Å². The molecule has 0 amide bonds. The van der Waals surface area contributed by atoms with Crippen molar-refractivity contribution in [1.82, 2.24) is 9.88 Å². The highest BCUT2D eigenvalue weighted by Gasteiger charge is 2.24. The molecule has 0 radical (unpaired) electrons. The number of hydrogen-bond acceptors (Lipinski definition) is 6. The van der Waals surface area contributed by atoms with Gasteiger partial charge in [-0.05, 0) is 55.0 Å². The maximum Gasteiger partial charge on any atom is 0.245 e. The summed E-state index contributed by atoms with van der Waals surface area (Å²) in [5.74, 6) is 0.429. The third-order valence-corrected chi connectivity index (χ3v) is 5.92.